The number of carboxylic acids is 1. The summed E-state index contributed by atoms with van der Waals surface area (Å²) in [7, 11) is 0. The number of hydrogen-bond donors (Lipinski definition) is 1. The van der Waals surface area contributed by atoms with E-state index >= 15 is 0 Å². The Balaban J connectivity index is 2.69. The lowest BCUT2D eigenvalue weighted by atomic mass is 10.1. The third-order valence-electron chi connectivity index (χ3n) is 3.04. The minimum atomic E-state index is -0.840. The number of aryl methyl sites for hydroxylation is 3. The molecule has 1 heterocycles. The smallest absolute Gasteiger partial charge is 0.305 e. The van der Waals surface area contributed by atoms with Gasteiger partial charge in [-0.05, 0) is 25.5 Å². The molecule has 0 spiro atoms. The highest BCUT2D eigenvalue weighted by molar-refractivity contribution is 5.82. The van der Waals surface area contributed by atoms with Gasteiger partial charge < -0.3 is 9.67 Å². The lowest BCUT2D eigenvalue weighted by Crippen LogP contribution is -2.14. The van der Waals surface area contributed by atoms with E-state index in [-0.39, 0.29) is 11.8 Å². The van der Waals surface area contributed by atoms with Crippen molar-refractivity contribution in [2.24, 2.45) is 0 Å². The van der Waals surface area contributed by atoms with Crippen LogP contribution in [0.3, 0.4) is 0 Å². The van der Waals surface area contributed by atoms with E-state index in [9.17, 15) is 9.59 Å². The highest BCUT2D eigenvalue weighted by Crippen LogP contribution is 2.16. The average Bonchev–Trinajstić information content (AvgIpc) is 2.32. The van der Waals surface area contributed by atoms with Crippen LogP contribution in [0.4, 0.5) is 0 Å². The van der Waals surface area contributed by atoms with E-state index in [1.807, 2.05) is 23.6 Å². The predicted octanol–water partition coefficient (Wildman–Crippen LogP) is 2.09. The first-order valence-electron chi connectivity index (χ1n) is 5.82. The molecule has 0 aliphatic rings. The van der Waals surface area contributed by atoms with Crippen LogP contribution in [0.25, 0.3) is 10.9 Å². The Bertz CT molecular complexity index is 671. The summed E-state index contributed by atoms with van der Waals surface area (Å²) < 4.78 is 1.86. The Morgan fingerprint density at radius 3 is 2.67 bits per heavy atom. The number of fused-ring (bicyclic) bond motifs is 1. The minimum Gasteiger partial charge on any atom is -0.481 e. The zero-order valence-electron chi connectivity index (χ0n) is 10.4. The zero-order valence-corrected chi connectivity index (χ0v) is 10.4. The van der Waals surface area contributed by atoms with Gasteiger partial charge in [-0.2, -0.15) is 0 Å². The van der Waals surface area contributed by atoms with Crippen LogP contribution in [0, 0.1) is 13.8 Å². The van der Waals surface area contributed by atoms with Crippen LogP contribution in [-0.2, 0) is 11.3 Å². The third-order valence-corrected chi connectivity index (χ3v) is 3.04. The van der Waals surface area contributed by atoms with Gasteiger partial charge in [0, 0.05) is 23.7 Å². The molecular formula is C14H15NO3. The molecule has 0 fully saturated rings. The highest BCUT2D eigenvalue weighted by atomic mass is 16.4. The number of pyridine rings is 1. The SMILES string of the molecule is Cc1cn(CCC(=O)O)c2c(C)cccc2c1=O. The van der Waals surface area contributed by atoms with Crippen molar-refractivity contribution in [1.82, 2.24) is 4.57 Å². The quantitative estimate of drug-likeness (QED) is 0.900. The van der Waals surface area contributed by atoms with Gasteiger partial charge in [-0.15, -0.1) is 0 Å². The first-order chi connectivity index (χ1) is 8.50. The summed E-state index contributed by atoms with van der Waals surface area (Å²) in [5, 5.41) is 9.42. The van der Waals surface area contributed by atoms with Crippen LogP contribution in [0.2, 0.25) is 0 Å². The molecular weight excluding hydrogens is 230 g/mol. The van der Waals surface area contributed by atoms with Crippen molar-refractivity contribution in [2.75, 3.05) is 0 Å². The number of rotatable bonds is 3. The second-order valence-corrected chi connectivity index (χ2v) is 4.45. The maximum Gasteiger partial charge on any atom is 0.305 e. The summed E-state index contributed by atoms with van der Waals surface area (Å²) in [4.78, 5) is 22.7. The summed E-state index contributed by atoms with van der Waals surface area (Å²) >= 11 is 0. The summed E-state index contributed by atoms with van der Waals surface area (Å²) in [6, 6.07) is 5.56. The van der Waals surface area contributed by atoms with Crippen molar-refractivity contribution in [3.63, 3.8) is 0 Å². The molecule has 0 saturated heterocycles. The maximum atomic E-state index is 12.0. The van der Waals surface area contributed by atoms with Gasteiger partial charge in [0.1, 0.15) is 0 Å². The average molecular weight is 245 g/mol. The lowest BCUT2D eigenvalue weighted by molar-refractivity contribution is -0.137. The molecule has 0 atom stereocenters. The number of aliphatic carboxylic acids is 1. The molecule has 4 nitrogen and oxygen atoms in total. The number of para-hydroxylation sites is 1. The summed E-state index contributed by atoms with van der Waals surface area (Å²) in [5.74, 6) is -0.840. The predicted molar refractivity (Wildman–Crippen MR) is 69.9 cm³/mol. The van der Waals surface area contributed by atoms with Crippen LogP contribution in [-0.4, -0.2) is 15.6 Å². The summed E-state index contributed by atoms with van der Waals surface area (Å²) in [5.41, 5.74) is 2.46. The second-order valence-electron chi connectivity index (χ2n) is 4.45. The molecule has 0 saturated carbocycles. The standard InChI is InChI=1S/C14H15NO3/c1-9-4-3-5-11-13(9)15(7-6-12(16)17)8-10(2)14(11)18/h3-5,8H,6-7H2,1-2H3,(H,16,17). The Kier molecular flexibility index (Phi) is 3.19. The molecule has 2 aromatic rings. The zero-order chi connectivity index (χ0) is 13.3. The number of carboxylic acid groups (broad SMARTS) is 1. The molecule has 4 heteroatoms. The Hall–Kier alpha value is -2.10. The highest BCUT2D eigenvalue weighted by Gasteiger charge is 2.09. The fraction of sp³-hybridized carbons (Fsp3) is 0.286. The molecule has 1 aromatic heterocycles. The molecule has 1 N–H and O–H groups in total. The van der Waals surface area contributed by atoms with Crippen molar-refractivity contribution >= 4 is 16.9 Å². The third kappa shape index (κ3) is 2.14. The van der Waals surface area contributed by atoms with Crippen LogP contribution in [0.5, 0.6) is 0 Å². The maximum absolute atomic E-state index is 12.0. The first-order valence-corrected chi connectivity index (χ1v) is 5.82. The number of carbonyl (C=O) groups is 1. The fourth-order valence-electron chi connectivity index (χ4n) is 2.19. The number of nitrogens with zero attached hydrogens (tertiary/aromatic N) is 1. The van der Waals surface area contributed by atoms with Crippen LogP contribution in [0.1, 0.15) is 17.5 Å². The van der Waals surface area contributed by atoms with E-state index in [0.29, 0.717) is 17.5 Å². The molecule has 0 radical (unpaired) electrons. The summed E-state index contributed by atoms with van der Waals surface area (Å²) in [6.45, 7) is 4.05. The van der Waals surface area contributed by atoms with E-state index < -0.39 is 5.97 Å². The first kappa shape index (κ1) is 12.4. The normalized spacial score (nSPS) is 10.8. The second kappa shape index (κ2) is 4.64. The van der Waals surface area contributed by atoms with Crippen molar-refractivity contribution in [3.8, 4) is 0 Å². The van der Waals surface area contributed by atoms with Crippen LogP contribution in [0.15, 0.2) is 29.2 Å². The fourth-order valence-corrected chi connectivity index (χ4v) is 2.19. The van der Waals surface area contributed by atoms with Crippen molar-refractivity contribution < 1.29 is 9.90 Å². The van der Waals surface area contributed by atoms with Crippen molar-refractivity contribution in [2.45, 2.75) is 26.8 Å². The largest absolute Gasteiger partial charge is 0.481 e. The van der Waals surface area contributed by atoms with E-state index in [4.69, 9.17) is 5.11 Å². The van der Waals surface area contributed by atoms with Gasteiger partial charge in [0.05, 0.1) is 11.9 Å². The Morgan fingerprint density at radius 1 is 1.28 bits per heavy atom. The van der Waals surface area contributed by atoms with Gasteiger partial charge in [0.25, 0.3) is 0 Å². The van der Waals surface area contributed by atoms with Gasteiger partial charge in [-0.1, -0.05) is 12.1 Å². The lowest BCUT2D eigenvalue weighted by Gasteiger charge is -2.13. The van der Waals surface area contributed by atoms with Gasteiger partial charge in [-0.3, -0.25) is 9.59 Å². The van der Waals surface area contributed by atoms with Crippen LogP contribution >= 0.6 is 0 Å². The molecule has 0 bridgehead atoms. The number of hydrogen-bond acceptors (Lipinski definition) is 2. The Morgan fingerprint density at radius 2 is 2.00 bits per heavy atom. The molecule has 1 aromatic carbocycles. The molecule has 0 aliphatic heterocycles. The summed E-state index contributed by atoms with van der Waals surface area (Å²) in [6.07, 6.45) is 1.78. The van der Waals surface area contributed by atoms with Gasteiger partial charge in [0.15, 0.2) is 5.43 Å². The number of aromatic nitrogens is 1. The van der Waals surface area contributed by atoms with Gasteiger partial charge >= 0.3 is 5.97 Å². The van der Waals surface area contributed by atoms with Crippen LogP contribution < -0.4 is 5.43 Å². The monoisotopic (exact) mass is 245 g/mol. The topological polar surface area (TPSA) is 59.3 Å². The van der Waals surface area contributed by atoms with Gasteiger partial charge in [0.2, 0.25) is 0 Å². The van der Waals surface area contributed by atoms with Crippen molar-refractivity contribution in [1.29, 1.82) is 0 Å². The van der Waals surface area contributed by atoms with E-state index in [0.717, 1.165) is 11.1 Å². The molecule has 0 unspecified atom stereocenters. The van der Waals surface area contributed by atoms with Gasteiger partial charge in [-0.25, -0.2) is 0 Å². The Labute approximate surface area is 104 Å². The van der Waals surface area contributed by atoms with E-state index in [1.54, 1.807) is 19.2 Å². The molecule has 94 valence electrons. The van der Waals surface area contributed by atoms with E-state index in [1.165, 1.54) is 0 Å². The van der Waals surface area contributed by atoms with E-state index in [2.05, 4.69) is 0 Å². The molecule has 2 rings (SSSR count). The van der Waals surface area contributed by atoms with Crippen molar-refractivity contribution in [3.05, 3.63) is 45.7 Å². The number of benzene rings is 1. The minimum absolute atomic E-state index is 0.0141. The molecule has 0 aliphatic carbocycles. The molecule has 18 heavy (non-hydrogen) atoms. The molecule has 0 amide bonds.